The molecule has 3 unspecified atom stereocenters. The van der Waals surface area contributed by atoms with E-state index in [1.54, 1.807) is 0 Å². The van der Waals surface area contributed by atoms with Crippen molar-refractivity contribution in [1.82, 2.24) is 5.32 Å². The number of rotatable bonds is 2. The van der Waals surface area contributed by atoms with Crippen LogP contribution in [0.25, 0.3) is 0 Å². The van der Waals surface area contributed by atoms with E-state index in [1.807, 2.05) is 11.8 Å². The lowest BCUT2D eigenvalue weighted by Crippen LogP contribution is -2.39. The number of amidine groups is 1. The van der Waals surface area contributed by atoms with Gasteiger partial charge in [0.25, 0.3) is 0 Å². The average Bonchev–Trinajstić information content (AvgIpc) is 2.88. The first-order valence-corrected chi connectivity index (χ1v) is 7.83. The molecule has 0 radical (unpaired) electrons. The highest BCUT2D eigenvalue weighted by molar-refractivity contribution is 8.14. The average molecular weight is 276 g/mol. The molecule has 3 atom stereocenters. The quantitative estimate of drug-likeness (QED) is 0.901. The van der Waals surface area contributed by atoms with Crippen LogP contribution >= 0.6 is 11.8 Å². The molecule has 1 aromatic rings. The second-order valence-corrected chi connectivity index (χ2v) is 6.40. The van der Waals surface area contributed by atoms with Crippen LogP contribution in [-0.4, -0.2) is 30.5 Å². The van der Waals surface area contributed by atoms with Crippen molar-refractivity contribution in [1.29, 1.82) is 0 Å². The molecular formula is C15H20N2OS. The predicted octanol–water partition coefficient (Wildman–Crippen LogP) is 2.99. The van der Waals surface area contributed by atoms with E-state index in [4.69, 9.17) is 4.74 Å². The fraction of sp³-hybridized carbons (Fsp3) is 0.533. The van der Waals surface area contributed by atoms with Crippen molar-refractivity contribution in [3.8, 4) is 0 Å². The van der Waals surface area contributed by atoms with Gasteiger partial charge in [0, 0.05) is 12.6 Å². The third-order valence-electron chi connectivity index (χ3n) is 3.64. The summed E-state index contributed by atoms with van der Waals surface area (Å²) >= 11 is 1.86. The molecule has 0 bridgehead atoms. The smallest absolute Gasteiger partial charge is 0.157 e. The highest BCUT2D eigenvalue weighted by Gasteiger charge is 2.25. The standard InChI is InChI=1S/C15H20N2OS/c1-11-9-13(7-8-18-11)17-15-16-10-14(19-15)12-5-3-2-4-6-12/h2-6,11,13-14H,7-10H2,1H3,(H,16,17). The van der Waals surface area contributed by atoms with Crippen molar-refractivity contribution >= 4 is 16.9 Å². The molecule has 0 aliphatic carbocycles. The van der Waals surface area contributed by atoms with Crippen LogP contribution in [0.4, 0.5) is 0 Å². The molecule has 0 amide bonds. The van der Waals surface area contributed by atoms with E-state index in [0.717, 1.165) is 31.2 Å². The Morgan fingerprint density at radius 1 is 1.32 bits per heavy atom. The van der Waals surface area contributed by atoms with Crippen LogP contribution in [0.2, 0.25) is 0 Å². The summed E-state index contributed by atoms with van der Waals surface area (Å²) in [5.74, 6) is 0. The van der Waals surface area contributed by atoms with Gasteiger partial charge < -0.3 is 10.1 Å². The molecule has 0 saturated carbocycles. The number of nitrogens with one attached hydrogen (secondary N) is 1. The SMILES string of the molecule is CC1CC(NC2=NCC(c3ccccc3)S2)CCO1. The Morgan fingerprint density at radius 2 is 2.16 bits per heavy atom. The Labute approximate surface area is 118 Å². The van der Waals surface area contributed by atoms with E-state index in [0.29, 0.717) is 17.4 Å². The molecule has 1 N–H and O–H groups in total. The number of hydrogen-bond donors (Lipinski definition) is 1. The molecule has 0 aromatic heterocycles. The first-order valence-electron chi connectivity index (χ1n) is 6.95. The molecular weight excluding hydrogens is 256 g/mol. The molecule has 102 valence electrons. The molecule has 1 saturated heterocycles. The maximum atomic E-state index is 5.58. The second-order valence-electron chi connectivity index (χ2n) is 5.21. The number of hydrogen-bond acceptors (Lipinski definition) is 4. The summed E-state index contributed by atoms with van der Waals surface area (Å²) in [5.41, 5.74) is 1.37. The Balaban J connectivity index is 1.54. The maximum absolute atomic E-state index is 5.58. The molecule has 4 heteroatoms. The topological polar surface area (TPSA) is 33.6 Å². The predicted molar refractivity (Wildman–Crippen MR) is 80.6 cm³/mol. The third kappa shape index (κ3) is 3.31. The summed E-state index contributed by atoms with van der Waals surface area (Å²) in [5, 5.41) is 5.16. The number of aliphatic imine (C=N–C) groups is 1. The van der Waals surface area contributed by atoms with Gasteiger partial charge in [-0.2, -0.15) is 0 Å². The summed E-state index contributed by atoms with van der Waals surface area (Å²) in [6.45, 7) is 3.89. The molecule has 3 nitrogen and oxygen atoms in total. The van der Waals surface area contributed by atoms with E-state index in [1.165, 1.54) is 5.56 Å². The summed E-state index contributed by atoms with van der Waals surface area (Å²) in [4.78, 5) is 4.64. The van der Waals surface area contributed by atoms with E-state index >= 15 is 0 Å². The fourth-order valence-corrected chi connectivity index (χ4v) is 3.70. The minimum atomic E-state index is 0.364. The lowest BCUT2D eigenvalue weighted by molar-refractivity contribution is 0.0168. The Hall–Kier alpha value is -1.00. The van der Waals surface area contributed by atoms with Gasteiger partial charge in [0.15, 0.2) is 5.17 Å². The summed E-state index contributed by atoms with van der Waals surface area (Å²) in [7, 11) is 0. The minimum Gasteiger partial charge on any atom is -0.378 e. The zero-order valence-electron chi connectivity index (χ0n) is 11.2. The monoisotopic (exact) mass is 276 g/mol. The van der Waals surface area contributed by atoms with Gasteiger partial charge in [0.1, 0.15) is 0 Å². The highest BCUT2D eigenvalue weighted by atomic mass is 32.2. The van der Waals surface area contributed by atoms with Crippen LogP contribution < -0.4 is 5.32 Å². The van der Waals surface area contributed by atoms with E-state index in [-0.39, 0.29) is 0 Å². The van der Waals surface area contributed by atoms with Crippen molar-refractivity contribution < 1.29 is 4.74 Å². The highest BCUT2D eigenvalue weighted by Crippen LogP contribution is 2.34. The lowest BCUT2D eigenvalue weighted by Gasteiger charge is -2.28. The number of nitrogens with zero attached hydrogens (tertiary/aromatic N) is 1. The van der Waals surface area contributed by atoms with Crippen LogP contribution in [0, 0.1) is 0 Å². The Morgan fingerprint density at radius 3 is 2.95 bits per heavy atom. The van der Waals surface area contributed by atoms with E-state index in [9.17, 15) is 0 Å². The summed E-state index contributed by atoms with van der Waals surface area (Å²) in [6, 6.07) is 11.2. The number of ether oxygens (including phenoxy) is 1. The van der Waals surface area contributed by atoms with Gasteiger partial charge in [0.05, 0.1) is 17.9 Å². The normalized spacial score (nSPS) is 31.0. The van der Waals surface area contributed by atoms with Crippen LogP contribution in [0.1, 0.15) is 30.6 Å². The van der Waals surface area contributed by atoms with Crippen LogP contribution in [0.5, 0.6) is 0 Å². The van der Waals surface area contributed by atoms with Gasteiger partial charge >= 0.3 is 0 Å². The van der Waals surface area contributed by atoms with Crippen molar-refractivity contribution in [2.75, 3.05) is 13.2 Å². The Bertz CT molecular complexity index is 449. The van der Waals surface area contributed by atoms with Crippen molar-refractivity contribution in [3.63, 3.8) is 0 Å². The number of benzene rings is 1. The molecule has 2 heterocycles. The molecule has 2 aliphatic heterocycles. The van der Waals surface area contributed by atoms with Crippen LogP contribution in [0.15, 0.2) is 35.3 Å². The zero-order valence-corrected chi connectivity index (χ0v) is 12.0. The number of thioether (sulfide) groups is 1. The van der Waals surface area contributed by atoms with Crippen molar-refractivity contribution in [2.24, 2.45) is 4.99 Å². The lowest BCUT2D eigenvalue weighted by atomic mass is 10.1. The van der Waals surface area contributed by atoms with Gasteiger partial charge in [0.2, 0.25) is 0 Å². The van der Waals surface area contributed by atoms with Crippen LogP contribution in [0.3, 0.4) is 0 Å². The Kier molecular flexibility index (Phi) is 4.09. The van der Waals surface area contributed by atoms with Gasteiger partial charge in [-0.1, -0.05) is 42.1 Å². The van der Waals surface area contributed by atoms with Gasteiger partial charge in [-0.05, 0) is 25.3 Å². The van der Waals surface area contributed by atoms with E-state index < -0.39 is 0 Å². The molecule has 3 rings (SSSR count). The third-order valence-corrected chi connectivity index (χ3v) is 4.81. The van der Waals surface area contributed by atoms with Gasteiger partial charge in [-0.25, -0.2) is 0 Å². The zero-order chi connectivity index (χ0) is 13.1. The van der Waals surface area contributed by atoms with Gasteiger partial charge in [-0.3, -0.25) is 4.99 Å². The second kappa shape index (κ2) is 5.97. The minimum absolute atomic E-state index is 0.364. The van der Waals surface area contributed by atoms with Crippen molar-refractivity contribution in [3.05, 3.63) is 35.9 Å². The summed E-state index contributed by atoms with van der Waals surface area (Å²) in [6.07, 6.45) is 2.53. The molecule has 1 aromatic carbocycles. The molecule has 2 aliphatic rings. The fourth-order valence-electron chi connectivity index (χ4n) is 2.60. The molecule has 19 heavy (non-hydrogen) atoms. The first-order chi connectivity index (χ1) is 9.31. The van der Waals surface area contributed by atoms with Crippen LogP contribution in [-0.2, 0) is 4.74 Å². The summed E-state index contributed by atoms with van der Waals surface area (Å²) < 4.78 is 5.58. The first kappa shape index (κ1) is 13.0. The maximum Gasteiger partial charge on any atom is 0.157 e. The largest absolute Gasteiger partial charge is 0.378 e. The molecule has 0 spiro atoms. The van der Waals surface area contributed by atoms with Gasteiger partial charge in [-0.15, -0.1) is 0 Å². The van der Waals surface area contributed by atoms with E-state index in [2.05, 4.69) is 47.6 Å². The van der Waals surface area contributed by atoms with Crippen molar-refractivity contribution in [2.45, 2.75) is 37.2 Å². The molecule has 1 fully saturated rings.